The first-order chi connectivity index (χ1) is 8.83. The van der Waals surface area contributed by atoms with E-state index < -0.39 is 0 Å². The summed E-state index contributed by atoms with van der Waals surface area (Å²) in [5.74, 6) is 0.871. The van der Waals surface area contributed by atoms with Crippen LogP contribution in [0.1, 0.15) is 11.1 Å². The van der Waals surface area contributed by atoms with Gasteiger partial charge in [0.15, 0.2) is 0 Å². The molecule has 1 aliphatic heterocycles. The Labute approximate surface area is 111 Å². The fourth-order valence-corrected chi connectivity index (χ4v) is 2.52. The topological polar surface area (TPSA) is 29.0 Å². The first-order valence-electron chi connectivity index (χ1n) is 6.12. The van der Waals surface area contributed by atoms with Gasteiger partial charge in [-0.05, 0) is 24.0 Å². The molecule has 0 spiro atoms. The highest BCUT2D eigenvalue weighted by molar-refractivity contribution is 6.29. The minimum Gasteiger partial charge on any atom is -0.355 e. The van der Waals surface area contributed by atoms with Crippen LogP contribution in [0.3, 0.4) is 0 Å². The molecule has 1 aliphatic rings. The number of benzene rings is 1. The Morgan fingerprint density at radius 3 is 2.28 bits per heavy atom. The van der Waals surface area contributed by atoms with Crippen molar-refractivity contribution in [2.75, 3.05) is 18.0 Å². The van der Waals surface area contributed by atoms with Crippen LogP contribution in [-0.2, 0) is 12.8 Å². The van der Waals surface area contributed by atoms with E-state index in [2.05, 4.69) is 39.1 Å². The molecule has 0 aliphatic carbocycles. The maximum atomic E-state index is 5.89. The molecule has 0 saturated heterocycles. The fraction of sp³-hybridized carbons (Fsp3) is 0.286. The number of fused-ring (bicyclic) bond motifs is 1. The van der Waals surface area contributed by atoms with E-state index in [9.17, 15) is 0 Å². The lowest BCUT2D eigenvalue weighted by atomic mass is 10.0. The number of hydrogen-bond donors (Lipinski definition) is 0. The normalized spacial score (nSPS) is 15.1. The molecule has 0 fully saturated rings. The lowest BCUT2D eigenvalue weighted by molar-refractivity contribution is 0.787. The van der Waals surface area contributed by atoms with E-state index in [1.54, 1.807) is 12.4 Å². The lowest BCUT2D eigenvalue weighted by Crippen LogP contribution is -2.27. The van der Waals surface area contributed by atoms with Gasteiger partial charge in [0.2, 0.25) is 0 Å². The summed E-state index contributed by atoms with van der Waals surface area (Å²) >= 11 is 5.89. The number of rotatable bonds is 1. The van der Waals surface area contributed by atoms with Crippen molar-refractivity contribution >= 4 is 17.4 Å². The molecule has 1 aromatic carbocycles. The highest BCUT2D eigenvalue weighted by Crippen LogP contribution is 2.19. The Morgan fingerprint density at radius 2 is 1.67 bits per heavy atom. The first kappa shape index (κ1) is 11.5. The van der Waals surface area contributed by atoms with Gasteiger partial charge in [-0.1, -0.05) is 35.9 Å². The third-order valence-corrected chi connectivity index (χ3v) is 3.52. The molecule has 2 heterocycles. The average Bonchev–Trinajstić information content (AvgIpc) is 2.61. The quantitative estimate of drug-likeness (QED) is 0.789. The number of anilines is 1. The van der Waals surface area contributed by atoms with Crippen molar-refractivity contribution in [1.82, 2.24) is 9.97 Å². The van der Waals surface area contributed by atoms with E-state index in [-0.39, 0.29) is 0 Å². The molecular weight excluding hydrogens is 246 g/mol. The second-order valence-electron chi connectivity index (χ2n) is 4.46. The monoisotopic (exact) mass is 259 g/mol. The summed E-state index contributed by atoms with van der Waals surface area (Å²) in [7, 11) is 0. The lowest BCUT2D eigenvalue weighted by Gasteiger charge is -2.20. The minimum absolute atomic E-state index is 0.453. The maximum Gasteiger partial charge on any atom is 0.149 e. The van der Waals surface area contributed by atoms with Crippen molar-refractivity contribution in [2.24, 2.45) is 0 Å². The average molecular weight is 260 g/mol. The van der Waals surface area contributed by atoms with Crippen LogP contribution in [0, 0.1) is 0 Å². The number of hydrogen-bond acceptors (Lipinski definition) is 3. The van der Waals surface area contributed by atoms with Crippen LogP contribution in [-0.4, -0.2) is 23.1 Å². The molecular formula is C14H14ClN3. The van der Waals surface area contributed by atoms with E-state index in [0.717, 1.165) is 31.7 Å². The van der Waals surface area contributed by atoms with Gasteiger partial charge >= 0.3 is 0 Å². The molecule has 92 valence electrons. The van der Waals surface area contributed by atoms with E-state index in [1.807, 2.05) is 0 Å². The molecule has 0 radical (unpaired) electrons. The van der Waals surface area contributed by atoms with Crippen LogP contribution in [0.25, 0.3) is 0 Å². The van der Waals surface area contributed by atoms with Gasteiger partial charge in [-0.3, -0.25) is 4.98 Å². The zero-order valence-corrected chi connectivity index (χ0v) is 10.8. The molecule has 0 N–H and O–H groups in total. The van der Waals surface area contributed by atoms with Crippen LogP contribution in [0.4, 0.5) is 5.82 Å². The molecule has 0 bridgehead atoms. The Bertz CT molecular complexity index is 529. The summed E-state index contributed by atoms with van der Waals surface area (Å²) in [6.07, 6.45) is 5.44. The Morgan fingerprint density at radius 1 is 1.00 bits per heavy atom. The van der Waals surface area contributed by atoms with Gasteiger partial charge in [0.05, 0.1) is 12.4 Å². The predicted molar refractivity (Wildman–Crippen MR) is 73.1 cm³/mol. The second-order valence-corrected chi connectivity index (χ2v) is 4.84. The largest absolute Gasteiger partial charge is 0.355 e. The third-order valence-electron chi connectivity index (χ3n) is 3.34. The summed E-state index contributed by atoms with van der Waals surface area (Å²) < 4.78 is 0. The van der Waals surface area contributed by atoms with Crippen molar-refractivity contribution in [3.8, 4) is 0 Å². The number of aromatic nitrogens is 2. The summed E-state index contributed by atoms with van der Waals surface area (Å²) in [5, 5.41) is 0.453. The zero-order chi connectivity index (χ0) is 12.4. The molecule has 0 atom stereocenters. The van der Waals surface area contributed by atoms with E-state index in [1.165, 1.54) is 11.1 Å². The van der Waals surface area contributed by atoms with Crippen LogP contribution in [0.2, 0.25) is 5.15 Å². The number of nitrogens with zero attached hydrogens (tertiary/aromatic N) is 3. The Kier molecular flexibility index (Phi) is 3.15. The summed E-state index contributed by atoms with van der Waals surface area (Å²) in [4.78, 5) is 10.7. The molecule has 0 saturated carbocycles. The van der Waals surface area contributed by atoms with E-state index >= 15 is 0 Å². The summed E-state index contributed by atoms with van der Waals surface area (Å²) in [6.45, 7) is 1.93. The molecule has 3 nitrogen and oxygen atoms in total. The van der Waals surface area contributed by atoms with E-state index in [0.29, 0.717) is 5.15 Å². The molecule has 4 heteroatoms. The Hall–Kier alpha value is -1.61. The molecule has 0 amide bonds. The molecule has 18 heavy (non-hydrogen) atoms. The van der Waals surface area contributed by atoms with Gasteiger partial charge in [-0.15, -0.1) is 0 Å². The van der Waals surface area contributed by atoms with Gasteiger partial charge in [0.25, 0.3) is 0 Å². The van der Waals surface area contributed by atoms with Crippen molar-refractivity contribution in [1.29, 1.82) is 0 Å². The second kappa shape index (κ2) is 4.94. The van der Waals surface area contributed by atoms with E-state index in [4.69, 9.17) is 11.6 Å². The smallest absolute Gasteiger partial charge is 0.149 e. The van der Waals surface area contributed by atoms with Gasteiger partial charge in [-0.25, -0.2) is 4.98 Å². The van der Waals surface area contributed by atoms with Crippen molar-refractivity contribution < 1.29 is 0 Å². The molecule has 1 aromatic heterocycles. The zero-order valence-electron chi connectivity index (χ0n) is 10.0. The van der Waals surface area contributed by atoms with Crippen molar-refractivity contribution in [3.63, 3.8) is 0 Å². The molecule has 0 unspecified atom stereocenters. The highest BCUT2D eigenvalue weighted by Gasteiger charge is 2.15. The van der Waals surface area contributed by atoms with Gasteiger partial charge in [0.1, 0.15) is 11.0 Å². The standard InChI is InChI=1S/C14H14ClN3/c15-13-9-16-10-14(17-13)18-7-5-11-3-1-2-4-12(11)6-8-18/h1-4,9-10H,5-8H2. The molecule has 3 rings (SSSR count). The SMILES string of the molecule is Clc1cncc(N2CCc3ccccc3CC2)n1. The van der Waals surface area contributed by atoms with Crippen LogP contribution in [0.5, 0.6) is 0 Å². The van der Waals surface area contributed by atoms with Gasteiger partial charge in [-0.2, -0.15) is 0 Å². The van der Waals surface area contributed by atoms with Crippen LogP contribution >= 0.6 is 11.6 Å². The van der Waals surface area contributed by atoms with Crippen molar-refractivity contribution in [2.45, 2.75) is 12.8 Å². The minimum atomic E-state index is 0.453. The third kappa shape index (κ3) is 2.31. The predicted octanol–water partition coefficient (Wildman–Crippen LogP) is 2.74. The number of halogens is 1. The summed E-state index contributed by atoms with van der Waals surface area (Å²) in [5.41, 5.74) is 2.88. The van der Waals surface area contributed by atoms with Crippen LogP contribution in [0.15, 0.2) is 36.7 Å². The summed E-state index contributed by atoms with van der Waals surface area (Å²) in [6, 6.07) is 8.63. The fourth-order valence-electron chi connectivity index (χ4n) is 2.38. The highest BCUT2D eigenvalue weighted by atomic mass is 35.5. The van der Waals surface area contributed by atoms with Gasteiger partial charge in [0, 0.05) is 13.1 Å². The molecule has 2 aromatic rings. The van der Waals surface area contributed by atoms with Crippen LogP contribution < -0.4 is 4.90 Å². The van der Waals surface area contributed by atoms with Crippen molar-refractivity contribution in [3.05, 3.63) is 52.9 Å². The Balaban J connectivity index is 1.83. The first-order valence-corrected chi connectivity index (χ1v) is 6.50. The maximum absolute atomic E-state index is 5.89. The van der Waals surface area contributed by atoms with Gasteiger partial charge < -0.3 is 4.90 Å².